The van der Waals surface area contributed by atoms with Crippen molar-refractivity contribution in [2.75, 3.05) is 0 Å². The van der Waals surface area contributed by atoms with Gasteiger partial charge in [0.25, 0.3) is 0 Å². The number of rotatable bonds is 10. The molecule has 0 bridgehead atoms. The first-order valence-corrected chi connectivity index (χ1v) is 15.7. The van der Waals surface area contributed by atoms with E-state index in [4.69, 9.17) is 0 Å². The SMILES string of the molecule is O=C(NCc1ccccc1)C(c1cccc2cnccc12)C(C(=O)NCc1ccc(SC(F)(F)F)cc1)c1cccc2cnccc12. The van der Waals surface area contributed by atoms with Gasteiger partial charge in [0.1, 0.15) is 0 Å². The van der Waals surface area contributed by atoms with Crippen molar-refractivity contribution >= 4 is 45.1 Å². The molecule has 0 aliphatic heterocycles. The fourth-order valence-electron chi connectivity index (χ4n) is 5.79. The molecular formula is C37H29F3N4O2S. The van der Waals surface area contributed by atoms with Crippen molar-refractivity contribution < 1.29 is 22.8 Å². The van der Waals surface area contributed by atoms with Crippen molar-refractivity contribution in [1.82, 2.24) is 20.6 Å². The molecule has 0 aliphatic rings. The number of nitrogens with zero attached hydrogens (tertiary/aromatic N) is 2. The summed E-state index contributed by atoms with van der Waals surface area (Å²) in [6.45, 7) is 0.314. The number of carbonyl (C=O) groups is 2. The van der Waals surface area contributed by atoms with Gasteiger partial charge in [-0.3, -0.25) is 19.6 Å². The van der Waals surface area contributed by atoms with Crippen LogP contribution in [-0.2, 0) is 22.7 Å². The zero-order valence-corrected chi connectivity index (χ0v) is 25.8. The topological polar surface area (TPSA) is 84.0 Å². The zero-order chi connectivity index (χ0) is 32.8. The Bertz CT molecular complexity index is 2010. The molecule has 2 aromatic heterocycles. The van der Waals surface area contributed by atoms with Crippen molar-refractivity contribution in [2.24, 2.45) is 0 Å². The molecule has 6 nitrogen and oxygen atoms in total. The maximum atomic E-state index is 14.5. The molecule has 2 unspecified atom stereocenters. The van der Waals surface area contributed by atoms with Gasteiger partial charge >= 0.3 is 5.51 Å². The van der Waals surface area contributed by atoms with Gasteiger partial charge in [-0.05, 0) is 69.1 Å². The molecule has 2 atom stereocenters. The largest absolute Gasteiger partial charge is 0.446 e. The summed E-state index contributed by atoms with van der Waals surface area (Å²) in [7, 11) is 0. The number of hydrogen-bond donors (Lipinski definition) is 2. The Morgan fingerprint density at radius 2 is 1.11 bits per heavy atom. The van der Waals surface area contributed by atoms with Crippen LogP contribution < -0.4 is 10.6 Å². The van der Waals surface area contributed by atoms with E-state index in [1.54, 1.807) is 36.9 Å². The highest BCUT2D eigenvalue weighted by Gasteiger charge is 2.38. The van der Waals surface area contributed by atoms with E-state index in [1.165, 1.54) is 12.1 Å². The fraction of sp³-hybridized carbons (Fsp3) is 0.135. The summed E-state index contributed by atoms with van der Waals surface area (Å²) in [5.74, 6) is -2.70. The number of aromatic nitrogens is 2. The fourth-order valence-corrected chi connectivity index (χ4v) is 6.32. The quantitative estimate of drug-likeness (QED) is 0.147. The lowest BCUT2D eigenvalue weighted by molar-refractivity contribution is -0.129. The van der Waals surface area contributed by atoms with Gasteiger partial charge in [0, 0.05) is 53.5 Å². The first kappa shape index (κ1) is 31.7. The van der Waals surface area contributed by atoms with Crippen molar-refractivity contribution in [1.29, 1.82) is 0 Å². The smallest absolute Gasteiger partial charge is 0.351 e. The third-order valence-corrected chi connectivity index (χ3v) is 8.67. The van der Waals surface area contributed by atoms with Gasteiger partial charge in [-0.25, -0.2) is 0 Å². The molecule has 47 heavy (non-hydrogen) atoms. The molecule has 0 radical (unpaired) electrons. The van der Waals surface area contributed by atoms with Crippen LogP contribution in [0, 0.1) is 0 Å². The van der Waals surface area contributed by atoms with Crippen molar-refractivity contribution in [3.63, 3.8) is 0 Å². The summed E-state index contributed by atoms with van der Waals surface area (Å²) >= 11 is -0.196. The lowest BCUT2D eigenvalue weighted by Gasteiger charge is -2.28. The monoisotopic (exact) mass is 650 g/mol. The molecule has 2 N–H and O–H groups in total. The molecule has 4 aromatic carbocycles. The van der Waals surface area contributed by atoms with Gasteiger partial charge in [-0.2, -0.15) is 13.2 Å². The predicted molar refractivity (Wildman–Crippen MR) is 177 cm³/mol. The van der Waals surface area contributed by atoms with Crippen LogP contribution in [-0.4, -0.2) is 27.3 Å². The van der Waals surface area contributed by atoms with Crippen molar-refractivity contribution in [3.05, 3.63) is 150 Å². The highest BCUT2D eigenvalue weighted by molar-refractivity contribution is 8.00. The van der Waals surface area contributed by atoms with Gasteiger partial charge < -0.3 is 10.6 Å². The van der Waals surface area contributed by atoms with Gasteiger partial charge in [0.2, 0.25) is 11.8 Å². The third-order valence-electron chi connectivity index (χ3n) is 7.93. The second-order valence-corrected chi connectivity index (χ2v) is 12.1. The van der Waals surface area contributed by atoms with E-state index in [2.05, 4.69) is 20.6 Å². The van der Waals surface area contributed by atoms with Crippen LogP contribution >= 0.6 is 11.8 Å². The number of amides is 2. The first-order chi connectivity index (χ1) is 22.8. The summed E-state index contributed by atoms with van der Waals surface area (Å²) in [4.78, 5) is 37.5. The number of carbonyl (C=O) groups excluding carboxylic acids is 2. The van der Waals surface area contributed by atoms with Crippen LogP contribution in [0.4, 0.5) is 13.2 Å². The van der Waals surface area contributed by atoms with Crippen LogP contribution in [0.5, 0.6) is 0 Å². The minimum Gasteiger partial charge on any atom is -0.351 e. The average molecular weight is 651 g/mol. The standard InChI is InChI=1S/C37H29F3N4O2S/c38-37(39,40)47-28-14-12-25(13-15-28)21-44-36(46)34(32-11-5-9-27-23-42-19-17-30(27)32)33(35(45)43-20-24-6-2-1-3-7-24)31-10-4-8-26-22-41-18-16-29(26)31/h1-19,22-23,33-34H,20-21H2,(H,43,45)(H,44,46). The second-order valence-electron chi connectivity index (χ2n) is 11.0. The average Bonchev–Trinajstić information content (AvgIpc) is 3.08. The summed E-state index contributed by atoms with van der Waals surface area (Å²) < 4.78 is 38.6. The molecule has 10 heteroatoms. The maximum Gasteiger partial charge on any atom is 0.446 e. The summed E-state index contributed by atoms with van der Waals surface area (Å²) in [5.41, 5.74) is -1.57. The van der Waals surface area contributed by atoms with E-state index in [0.29, 0.717) is 16.7 Å². The number of hydrogen-bond acceptors (Lipinski definition) is 5. The number of halogens is 3. The van der Waals surface area contributed by atoms with E-state index >= 15 is 0 Å². The molecule has 0 fully saturated rings. The maximum absolute atomic E-state index is 14.5. The molecule has 2 heterocycles. The molecule has 6 rings (SSSR count). The number of nitrogens with one attached hydrogen (secondary N) is 2. The number of thioether (sulfide) groups is 1. The minimum atomic E-state index is -4.40. The van der Waals surface area contributed by atoms with Gasteiger partial charge in [-0.15, -0.1) is 0 Å². The summed E-state index contributed by atoms with van der Waals surface area (Å²) in [5, 5.41) is 9.26. The normalized spacial score (nSPS) is 12.8. The Morgan fingerprint density at radius 3 is 1.60 bits per heavy atom. The Balaban J connectivity index is 1.42. The molecule has 0 saturated carbocycles. The minimum absolute atomic E-state index is 0.0513. The third kappa shape index (κ3) is 7.61. The zero-order valence-electron chi connectivity index (χ0n) is 24.9. The van der Waals surface area contributed by atoms with Crippen LogP contribution in [0.15, 0.2) is 133 Å². The Hall–Kier alpha value is -5.22. The van der Waals surface area contributed by atoms with E-state index in [1.807, 2.05) is 78.9 Å². The van der Waals surface area contributed by atoms with Gasteiger partial charge in [-0.1, -0.05) is 78.9 Å². The van der Waals surface area contributed by atoms with E-state index in [-0.39, 0.29) is 35.7 Å². The molecule has 236 valence electrons. The molecule has 0 aliphatic carbocycles. The lowest BCUT2D eigenvalue weighted by atomic mass is 9.77. The second kappa shape index (κ2) is 14.0. The summed E-state index contributed by atoms with van der Waals surface area (Å²) in [6.07, 6.45) is 6.74. The van der Waals surface area contributed by atoms with Crippen molar-refractivity contribution in [2.45, 2.75) is 35.3 Å². The molecule has 0 saturated heterocycles. The van der Waals surface area contributed by atoms with E-state index in [9.17, 15) is 22.8 Å². The van der Waals surface area contributed by atoms with Crippen LogP contribution in [0.1, 0.15) is 34.1 Å². The van der Waals surface area contributed by atoms with Crippen LogP contribution in [0.25, 0.3) is 21.5 Å². The van der Waals surface area contributed by atoms with Gasteiger partial charge in [0.15, 0.2) is 0 Å². The first-order valence-electron chi connectivity index (χ1n) is 14.9. The van der Waals surface area contributed by atoms with Crippen molar-refractivity contribution in [3.8, 4) is 0 Å². The molecule has 0 spiro atoms. The van der Waals surface area contributed by atoms with E-state index in [0.717, 1.165) is 27.1 Å². The predicted octanol–water partition coefficient (Wildman–Crippen LogP) is 7.90. The van der Waals surface area contributed by atoms with E-state index < -0.39 is 23.3 Å². The number of pyridine rings is 2. The number of alkyl halides is 3. The molecular weight excluding hydrogens is 621 g/mol. The van der Waals surface area contributed by atoms with Crippen LogP contribution in [0.3, 0.4) is 0 Å². The van der Waals surface area contributed by atoms with Crippen LogP contribution in [0.2, 0.25) is 0 Å². The Morgan fingerprint density at radius 1 is 0.617 bits per heavy atom. The molecule has 2 amide bonds. The number of fused-ring (bicyclic) bond motifs is 2. The summed E-state index contributed by atoms with van der Waals surface area (Å²) in [6, 6.07) is 30.2. The molecule has 6 aromatic rings. The lowest BCUT2D eigenvalue weighted by Crippen LogP contribution is -2.39. The number of benzene rings is 4. The highest BCUT2D eigenvalue weighted by Crippen LogP contribution is 2.40. The Kier molecular flexibility index (Phi) is 9.49. The Labute approximate surface area is 273 Å². The van der Waals surface area contributed by atoms with Gasteiger partial charge in [0.05, 0.1) is 11.8 Å². The highest BCUT2D eigenvalue weighted by atomic mass is 32.2.